The molecule has 3 N–H and O–H groups in total. The van der Waals surface area contributed by atoms with E-state index in [2.05, 4.69) is 16.0 Å². The molecule has 1 aliphatic heterocycles. The van der Waals surface area contributed by atoms with Gasteiger partial charge in [0.1, 0.15) is 0 Å². The number of hydrogen-bond donors (Lipinski definition) is 3. The number of thiocarbonyl (C=S) groups is 1. The van der Waals surface area contributed by atoms with Crippen LogP contribution in [-0.2, 0) is 4.79 Å². The zero-order valence-electron chi connectivity index (χ0n) is 14.8. The predicted octanol–water partition coefficient (Wildman–Crippen LogP) is 4.39. The Hall–Kier alpha value is -2.37. The zero-order chi connectivity index (χ0) is 18.8. The van der Waals surface area contributed by atoms with Crippen LogP contribution in [0.25, 0.3) is 0 Å². The summed E-state index contributed by atoms with van der Waals surface area (Å²) in [4.78, 5) is 13.1. The number of anilines is 1. The second-order valence-electron chi connectivity index (χ2n) is 6.35. The van der Waals surface area contributed by atoms with Gasteiger partial charge in [-0.15, -0.1) is 0 Å². The van der Waals surface area contributed by atoms with Gasteiger partial charge in [0.2, 0.25) is 0 Å². The summed E-state index contributed by atoms with van der Waals surface area (Å²) >= 11 is 11.5. The molecule has 1 heterocycles. The van der Waals surface area contributed by atoms with Crippen LogP contribution in [-0.4, -0.2) is 11.0 Å². The molecule has 2 aromatic rings. The third-order valence-electron chi connectivity index (χ3n) is 4.44. The molecule has 3 rings (SSSR count). The highest BCUT2D eigenvalue weighted by atomic mass is 35.5. The summed E-state index contributed by atoms with van der Waals surface area (Å²) in [6.07, 6.45) is 0. The van der Waals surface area contributed by atoms with E-state index in [-0.39, 0.29) is 11.9 Å². The molecular weight excluding hydrogens is 366 g/mol. The number of carbonyl (C=O) groups is 1. The lowest BCUT2D eigenvalue weighted by molar-refractivity contribution is -0.113. The Bertz CT molecular complexity index is 906. The summed E-state index contributed by atoms with van der Waals surface area (Å²) in [6, 6.07) is 13.2. The monoisotopic (exact) mass is 385 g/mol. The average Bonchev–Trinajstić information content (AvgIpc) is 2.59. The Labute approximate surface area is 163 Å². The molecular formula is C20H20ClN3OS. The van der Waals surface area contributed by atoms with E-state index >= 15 is 0 Å². The lowest BCUT2D eigenvalue weighted by Crippen LogP contribution is -2.45. The molecule has 1 unspecified atom stereocenters. The van der Waals surface area contributed by atoms with Crippen LogP contribution in [0.2, 0.25) is 5.02 Å². The van der Waals surface area contributed by atoms with Crippen molar-refractivity contribution in [3.05, 3.63) is 75.4 Å². The minimum absolute atomic E-state index is 0.194. The molecule has 1 atom stereocenters. The van der Waals surface area contributed by atoms with Gasteiger partial charge in [-0.3, -0.25) is 4.79 Å². The summed E-state index contributed by atoms with van der Waals surface area (Å²) in [5.74, 6) is -0.194. The predicted molar refractivity (Wildman–Crippen MR) is 110 cm³/mol. The molecule has 0 saturated carbocycles. The number of aryl methyl sites for hydroxylation is 1. The van der Waals surface area contributed by atoms with E-state index < -0.39 is 0 Å². The van der Waals surface area contributed by atoms with E-state index in [1.165, 1.54) is 0 Å². The summed E-state index contributed by atoms with van der Waals surface area (Å²) in [6.45, 7) is 5.76. The molecule has 134 valence electrons. The first kappa shape index (κ1) is 18.4. The fraction of sp³-hybridized carbons (Fsp3) is 0.200. The molecule has 4 nitrogen and oxygen atoms in total. The van der Waals surface area contributed by atoms with Gasteiger partial charge in [0.15, 0.2) is 5.11 Å². The van der Waals surface area contributed by atoms with Gasteiger partial charge in [0, 0.05) is 16.4 Å². The third kappa shape index (κ3) is 3.74. The molecule has 0 bridgehead atoms. The number of allylic oxidation sites excluding steroid dienone is 1. The Morgan fingerprint density at radius 3 is 2.50 bits per heavy atom. The molecule has 0 fully saturated rings. The molecule has 1 aliphatic rings. The number of nitrogens with one attached hydrogen (secondary N) is 3. The largest absolute Gasteiger partial charge is 0.351 e. The normalized spacial score (nSPS) is 16.8. The SMILES string of the molecule is CC1=C(C(=O)Nc2cccc(Cl)c2C)C(c2ccc(C)cc2)NC(=S)N1. The maximum atomic E-state index is 13.1. The first-order valence-electron chi connectivity index (χ1n) is 8.28. The van der Waals surface area contributed by atoms with Crippen molar-refractivity contribution in [2.75, 3.05) is 5.32 Å². The van der Waals surface area contributed by atoms with E-state index in [1.807, 2.05) is 57.2 Å². The molecule has 0 radical (unpaired) electrons. The van der Waals surface area contributed by atoms with Crippen molar-refractivity contribution in [3.8, 4) is 0 Å². The fourth-order valence-corrected chi connectivity index (χ4v) is 3.38. The Morgan fingerprint density at radius 1 is 1.12 bits per heavy atom. The molecule has 2 aromatic carbocycles. The van der Waals surface area contributed by atoms with Crippen molar-refractivity contribution in [2.45, 2.75) is 26.8 Å². The molecule has 1 amide bonds. The van der Waals surface area contributed by atoms with Crippen LogP contribution in [0, 0.1) is 13.8 Å². The Balaban J connectivity index is 1.96. The van der Waals surface area contributed by atoms with Crippen molar-refractivity contribution >= 4 is 40.5 Å². The van der Waals surface area contributed by atoms with Crippen LogP contribution >= 0.6 is 23.8 Å². The molecule has 0 aromatic heterocycles. The number of hydrogen-bond acceptors (Lipinski definition) is 2. The van der Waals surface area contributed by atoms with Crippen LogP contribution in [0.3, 0.4) is 0 Å². The van der Waals surface area contributed by atoms with E-state index in [0.717, 1.165) is 22.4 Å². The standard InChI is InChI=1S/C20H20ClN3OS/c1-11-7-9-14(10-8-11)18-17(13(3)22-20(26)24-18)19(25)23-16-6-4-5-15(21)12(16)2/h4-10,18H,1-3H3,(H,23,25)(H2,22,24,26). The van der Waals surface area contributed by atoms with Crippen LogP contribution in [0.15, 0.2) is 53.7 Å². The van der Waals surface area contributed by atoms with E-state index in [4.69, 9.17) is 23.8 Å². The molecule has 26 heavy (non-hydrogen) atoms. The van der Waals surface area contributed by atoms with E-state index in [9.17, 15) is 4.79 Å². The van der Waals surface area contributed by atoms with Crippen LogP contribution in [0.5, 0.6) is 0 Å². The highest BCUT2D eigenvalue weighted by Gasteiger charge is 2.30. The van der Waals surface area contributed by atoms with Gasteiger partial charge in [-0.25, -0.2) is 0 Å². The second kappa shape index (κ2) is 7.48. The lowest BCUT2D eigenvalue weighted by atomic mass is 9.94. The molecule has 6 heteroatoms. The minimum atomic E-state index is -0.316. The van der Waals surface area contributed by atoms with Gasteiger partial charge >= 0.3 is 0 Å². The van der Waals surface area contributed by atoms with Gasteiger partial charge < -0.3 is 16.0 Å². The van der Waals surface area contributed by atoms with Crippen molar-refractivity contribution in [2.24, 2.45) is 0 Å². The average molecular weight is 386 g/mol. The number of carbonyl (C=O) groups excluding carboxylic acids is 1. The maximum absolute atomic E-state index is 13.1. The van der Waals surface area contributed by atoms with Crippen molar-refractivity contribution < 1.29 is 4.79 Å². The van der Waals surface area contributed by atoms with Crippen LogP contribution in [0.1, 0.15) is 29.7 Å². The van der Waals surface area contributed by atoms with Crippen LogP contribution < -0.4 is 16.0 Å². The van der Waals surface area contributed by atoms with Crippen molar-refractivity contribution in [1.29, 1.82) is 0 Å². The first-order chi connectivity index (χ1) is 12.4. The number of benzene rings is 2. The van der Waals surface area contributed by atoms with Gasteiger partial charge in [0.05, 0.1) is 11.6 Å². The maximum Gasteiger partial charge on any atom is 0.255 e. The smallest absolute Gasteiger partial charge is 0.255 e. The van der Waals surface area contributed by atoms with E-state index in [1.54, 1.807) is 6.07 Å². The van der Waals surface area contributed by atoms with Crippen molar-refractivity contribution in [3.63, 3.8) is 0 Å². The summed E-state index contributed by atoms with van der Waals surface area (Å²) in [5.41, 5.74) is 5.00. The van der Waals surface area contributed by atoms with Gasteiger partial charge in [-0.2, -0.15) is 0 Å². The highest BCUT2D eigenvalue weighted by molar-refractivity contribution is 7.80. The zero-order valence-corrected chi connectivity index (χ0v) is 16.4. The van der Waals surface area contributed by atoms with Gasteiger partial charge in [-0.1, -0.05) is 47.5 Å². The van der Waals surface area contributed by atoms with Gasteiger partial charge in [-0.05, 0) is 56.2 Å². The fourth-order valence-electron chi connectivity index (χ4n) is 2.94. The quantitative estimate of drug-likeness (QED) is 0.686. The molecule has 0 aliphatic carbocycles. The molecule has 0 saturated heterocycles. The third-order valence-corrected chi connectivity index (χ3v) is 5.07. The number of rotatable bonds is 3. The number of halogens is 1. The Morgan fingerprint density at radius 2 is 1.81 bits per heavy atom. The van der Waals surface area contributed by atoms with Crippen LogP contribution in [0.4, 0.5) is 5.69 Å². The second-order valence-corrected chi connectivity index (χ2v) is 7.16. The first-order valence-corrected chi connectivity index (χ1v) is 9.06. The van der Waals surface area contributed by atoms with E-state index in [0.29, 0.717) is 21.4 Å². The lowest BCUT2D eigenvalue weighted by Gasteiger charge is -2.30. The topological polar surface area (TPSA) is 53.2 Å². The summed E-state index contributed by atoms with van der Waals surface area (Å²) in [7, 11) is 0. The Kier molecular flexibility index (Phi) is 5.30. The summed E-state index contributed by atoms with van der Waals surface area (Å²) < 4.78 is 0. The minimum Gasteiger partial charge on any atom is -0.351 e. The molecule has 0 spiro atoms. The van der Waals surface area contributed by atoms with Gasteiger partial charge in [0.25, 0.3) is 5.91 Å². The number of amides is 1. The summed E-state index contributed by atoms with van der Waals surface area (Å²) in [5, 5.41) is 10.3. The van der Waals surface area contributed by atoms with Crippen molar-refractivity contribution in [1.82, 2.24) is 10.6 Å². The highest BCUT2D eigenvalue weighted by Crippen LogP contribution is 2.29.